The molecule has 0 bridgehead atoms. The summed E-state index contributed by atoms with van der Waals surface area (Å²) in [5.74, 6) is 0.992. The van der Waals surface area contributed by atoms with Crippen LogP contribution in [0.2, 0.25) is 0 Å². The molecule has 0 aromatic heterocycles. The van der Waals surface area contributed by atoms with Crippen LogP contribution in [0.25, 0.3) is 0 Å². The summed E-state index contributed by atoms with van der Waals surface area (Å²) < 4.78 is 68.7. The smallest absolute Gasteiger partial charge is 0.462 e. The zero-order valence-electron chi connectivity index (χ0n) is 65.1. The molecule has 0 heterocycles. The van der Waals surface area contributed by atoms with E-state index in [1.807, 2.05) is 0 Å². The number of hydrogen-bond acceptors (Lipinski definition) is 15. The first kappa shape index (κ1) is 97.1. The maximum atomic E-state index is 13.1. The summed E-state index contributed by atoms with van der Waals surface area (Å²) in [4.78, 5) is 73.0. The van der Waals surface area contributed by atoms with Crippen molar-refractivity contribution in [3.63, 3.8) is 0 Å². The van der Waals surface area contributed by atoms with Crippen molar-refractivity contribution in [2.75, 3.05) is 39.6 Å². The minimum atomic E-state index is -4.96. The van der Waals surface area contributed by atoms with E-state index in [0.29, 0.717) is 25.7 Å². The summed E-state index contributed by atoms with van der Waals surface area (Å²) in [6.07, 6.45) is 55.5. The van der Waals surface area contributed by atoms with Crippen molar-refractivity contribution in [2.24, 2.45) is 23.7 Å². The predicted molar refractivity (Wildman–Crippen MR) is 404 cm³/mol. The van der Waals surface area contributed by atoms with Gasteiger partial charge in [0.25, 0.3) is 0 Å². The Bertz CT molecular complexity index is 1940. The Balaban J connectivity index is 5.23. The highest BCUT2D eigenvalue weighted by Gasteiger charge is 2.30. The average Bonchev–Trinajstić information content (AvgIpc) is 1.08. The van der Waals surface area contributed by atoms with Gasteiger partial charge in [-0.15, -0.1) is 0 Å². The lowest BCUT2D eigenvalue weighted by molar-refractivity contribution is -0.161. The van der Waals surface area contributed by atoms with Crippen LogP contribution in [0.4, 0.5) is 0 Å². The highest BCUT2D eigenvalue weighted by Crippen LogP contribution is 2.45. The zero-order chi connectivity index (χ0) is 73.1. The maximum absolute atomic E-state index is 13.1. The van der Waals surface area contributed by atoms with E-state index < -0.39 is 97.5 Å². The standard InChI is InChI=1S/C80H156O17P2/c1-9-73(8)59-51-43-35-26-21-23-27-36-44-52-60-77(82)90-66-75(96-79(84)62-54-46-38-28-19-17-15-13-11-10-12-14-16-18-24-32-40-48-56-70(2)3)68-94-98(86,87)92-64-74(81)65-93-99(88,89)95-69-76(67-91-78(83)61-53-45-37-31-30-34-42-50-58-72(6)7)97-80(85)63-55-47-39-29-22-20-25-33-41-49-57-71(4)5/h70-76,81H,9-69H2,1-8H3,(H,86,87)(H,88,89)/t73?,74?,75-,76-/m1/s1. The minimum absolute atomic E-state index is 0.105. The number of esters is 4. The fraction of sp³-hybridized carbons (Fsp3) is 0.950. The number of rotatable bonds is 77. The summed E-state index contributed by atoms with van der Waals surface area (Å²) in [5, 5.41) is 10.6. The largest absolute Gasteiger partial charge is 0.472 e. The van der Waals surface area contributed by atoms with E-state index >= 15 is 0 Å². The summed E-state index contributed by atoms with van der Waals surface area (Å²) >= 11 is 0. The van der Waals surface area contributed by atoms with Gasteiger partial charge in [0.1, 0.15) is 19.3 Å². The highest BCUT2D eigenvalue weighted by molar-refractivity contribution is 7.47. The molecule has 19 heteroatoms. The first-order valence-corrected chi connectivity index (χ1v) is 44.2. The van der Waals surface area contributed by atoms with E-state index in [9.17, 15) is 43.2 Å². The molecule has 0 rings (SSSR count). The van der Waals surface area contributed by atoms with E-state index in [0.717, 1.165) is 114 Å². The fourth-order valence-corrected chi connectivity index (χ4v) is 13.8. The Morgan fingerprint density at radius 2 is 0.485 bits per heavy atom. The molecule has 0 spiro atoms. The molecule has 99 heavy (non-hydrogen) atoms. The third-order valence-corrected chi connectivity index (χ3v) is 20.8. The van der Waals surface area contributed by atoms with Crippen molar-refractivity contribution >= 4 is 39.5 Å². The van der Waals surface area contributed by atoms with Gasteiger partial charge in [0, 0.05) is 25.7 Å². The third kappa shape index (κ3) is 72.8. The first-order valence-electron chi connectivity index (χ1n) is 41.2. The van der Waals surface area contributed by atoms with Crippen LogP contribution >= 0.6 is 15.6 Å². The molecule has 0 aromatic carbocycles. The molecule has 0 fully saturated rings. The summed E-state index contributed by atoms with van der Waals surface area (Å²) in [5.41, 5.74) is 0. The van der Waals surface area contributed by atoms with Gasteiger partial charge in [-0.05, 0) is 49.4 Å². The number of carbonyl (C=O) groups is 4. The van der Waals surface area contributed by atoms with Gasteiger partial charge in [-0.2, -0.15) is 0 Å². The van der Waals surface area contributed by atoms with Crippen LogP contribution in [0.1, 0.15) is 409 Å². The zero-order valence-corrected chi connectivity index (χ0v) is 66.9. The molecule has 0 radical (unpaired) electrons. The Labute approximate surface area is 607 Å². The van der Waals surface area contributed by atoms with Crippen LogP contribution in [-0.2, 0) is 65.4 Å². The van der Waals surface area contributed by atoms with E-state index in [1.54, 1.807) is 0 Å². The van der Waals surface area contributed by atoms with Crippen molar-refractivity contribution in [2.45, 2.75) is 427 Å². The second-order valence-electron chi connectivity index (χ2n) is 30.5. The van der Waals surface area contributed by atoms with Crippen molar-refractivity contribution < 1.29 is 80.2 Å². The SMILES string of the molecule is CCC(C)CCCCCCCCCCCCC(=O)OC[C@H](COP(=O)(O)OCC(O)COP(=O)(O)OC[C@@H](COC(=O)CCCCCCCCCCC(C)C)OC(=O)CCCCCCCCCCCCC(C)C)OC(=O)CCCCCCCCCCCCCCCCCCCCC(C)C. The van der Waals surface area contributed by atoms with E-state index in [4.69, 9.17) is 37.0 Å². The Morgan fingerprint density at radius 1 is 0.283 bits per heavy atom. The lowest BCUT2D eigenvalue weighted by Gasteiger charge is -2.21. The molecular formula is C80H156O17P2. The van der Waals surface area contributed by atoms with Gasteiger partial charge < -0.3 is 33.8 Å². The van der Waals surface area contributed by atoms with E-state index in [1.165, 1.54) is 212 Å². The number of phosphoric acid groups is 2. The Kier molecular flexibility index (Phi) is 67.8. The molecule has 588 valence electrons. The van der Waals surface area contributed by atoms with Gasteiger partial charge in [-0.3, -0.25) is 37.3 Å². The molecule has 4 unspecified atom stereocenters. The molecule has 0 aliphatic heterocycles. The quantitative estimate of drug-likeness (QED) is 0.0222. The van der Waals surface area contributed by atoms with Gasteiger partial charge >= 0.3 is 39.5 Å². The van der Waals surface area contributed by atoms with Crippen molar-refractivity contribution in [3.05, 3.63) is 0 Å². The summed E-state index contributed by atoms with van der Waals surface area (Å²) in [6, 6.07) is 0. The Morgan fingerprint density at radius 3 is 0.717 bits per heavy atom. The van der Waals surface area contributed by atoms with Crippen molar-refractivity contribution in [3.8, 4) is 0 Å². The number of ether oxygens (including phenoxy) is 4. The van der Waals surface area contributed by atoms with Crippen LogP contribution in [-0.4, -0.2) is 96.7 Å². The first-order chi connectivity index (χ1) is 47.6. The molecule has 0 aromatic rings. The molecule has 0 aliphatic carbocycles. The molecule has 0 aliphatic rings. The average molecular weight is 1450 g/mol. The fourth-order valence-electron chi connectivity index (χ4n) is 12.2. The van der Waals surface area contributed by atoms with Gasteiger partial charge in [0.05, 0.1) is 26.4 Å². The lowest BCUT2D eigenvalue weighted by Crippen LogP contribution is -2.30. The number of phosphoric ester groups is 2. The van der Waals surface area contributed by atoms with Crippen molar-refractivity contribution in [1.82, 2.24) is 0 Å². The van der Waals surface area contributed by atoms with Crippen LogP contribution < -0.4 is 0 Å². The maximum Gasteiger partial charge on any atom is 0.472 e. The van der Waals surface area contributed by atoms with Gasteiger partial charge in [-0.25, -0.2) is 9.13 Å². The second kappa shape index (κ2) is 69.1. The minimum Gasteiger partial charge on any atom is -0.462 e. The predicted octanol–water partition coefficient (Wildman–Crippen LogP) is 23.6. The van der Waals surface area contributed by atoms with Gasteiger partial charge in [0.15, 0.2) is 12.2 Å². The molecule has 0 saturated carbocycles. The number of unbranched alkanes of at least 4 members (excludes halogenated alkanes) is 42. The van der Waals surface area contributed by atoms with Crippen LogP contribution in [0.5, 0.6) is 0 Å². The molecule has 0 amide bonds. The number of aliphatic hydroxyl groups excluding tert-OH is 1. The number of aliphatic hydroxyl groups is 1. The van der Waals surface area contributed by atoms with Gasteiger partial charge in [0.2, 0.25) is 0 Å². The topological polar surface area (TPSA) is 237 Å². The number of carbonyl (C=O) groups excluding carboxylic acids is 4. The normalized spacial score (nSPS) is 14.3. The van der Waals surface area contributed by atoms with Crippen molar-refractivity contribution in [1.29, 1.82) is 0 Å². The molecule has 6 atom stereocenters. The van der Waals surface area contributed by atoms with Crippen LogP contribution in [0.3, 0.4) is 0 Å². The highest BCUT2D eigenvalue weighted by atomic mass is 31.2. The second-order valence-corrected chi connectivity index (χ2v) is 33.4. The summed E-state index contributed by atoms with van der Waals surface area (Å²) in [6.45, 7) is 14.3. The molecule has 17 nitrogen and oxygen atoms in total. The molecule has 3 N–H and O–H groups in total. The lowest BCUT2D eigenvalue weighted by atomic mass is 9.99. The van der Waals surface area contributed by atoms with Crippen LogP contribution in [0, 0.1) is 23.7 Å². The van der Waals surface area contributed by atoms with Crippen LogP contribution in [0.15, 0.2) is 0 Å². The van der Waals surface area contributed by atoms with E-state index in [-0.39, 0.29) is 25.7 Å². The molecular weight excluding hydrogens is 1290 g/mol. The van der Waals surface area contributed by atoms with Gasteiger partial charge in [-0.1, -0.05) is 357 Å². The molecule has 0 saturated heterocycles. The number of hydrogen-bond donors (Lipinski definition) is 3. The summed E-state index contributed by atoms with van der Waals surface area (Å²) in [7, 11) is -9.92. The van der Waals surface area contributed by atoms with E-state index in [2.05, 4.69) is 55.4 Å². The monoisotopic (exact) mass is 1450 g/mol. The Hall–Kier alpha value is -1.94. The third-order valence-electron chi connectivity index (χ3n) is 18.9.